The number of aryl methyl sites for hydroxylation is 1. The van der Waals surface area contributed by atoms with Crippen molar-refractivity contribution in [2.24, 2.45) is 0 Å². The molecule has 0 aromatic heterocycles. The Morgan fingerprint density at radius 2 is 2.27 bits per heavy atom. The van der Waals surface area contributed by atoms with Gasteiger partial charge in [0.25, 0.3) is 0 Å². The first kappa shape index (κ1) is 13.0. The molecule has 0 aliphatic rings. The molecule has 1 rings (SSSR count). The highest BCUT2D eigenvalue weighted by molar-refractivity contribution is 14.1. The lowest BCUT2D eigenvalue weighted by Crippen LogP contribution is -2.04. The van der Waals surface area contributed by atoms with Crippen LogP contribution in [0.25, 0.3) is 0 Å². The summed E-state index contributed by atoms with van der Waals surface area (Å²) >= 11 is 5.53. The Labute approximate surface area is 112 Å². The first-order valence-corrected chi connectivity index (χ1v) is 6.81. The summed E-state index contributed by atoms with van der Waals surface area (Å²) in [5.41, 5.74) is 1.83. The van der Waals surface area contributed by atoms with E-state index in [0.717, 1.165) is 21.7 Å². The molecule has 15 heavy (non-hydrogen) atoms. The van der Waals surface area contributed by atoms with Crippen molar-refractivity contribution in [1.29, 1.82) is 0 Å². The molecule has 0 amide bonds. The molecule has 2 nitrogen and oxygen atoms in total. The van der Waals surface area contributed by atoms with Crippen molar-refractivity contribution in [3.05, 3.63) is 32.9 Å². The molecule has 0 atom stereocenters. The second kappa shape index (κ2) is 6.48. The van der Waals surface area contributed by atoms with Gasteiger partial charge in [-0.25, -0.2) is 4.79 Å². The Morgan fingerprint density at radius 3 is 2.87 bits per heavy atom. The minimum Gasteiger partial charge on any atom is -0.465 e. The number of carbonyl (C=O) groups excluding carboxylic acids is 1. The van der Waals surface area contributed by atoms with Crippen molar-refractivity contribution in [1.82, 2.24) is 0 Å². The molecule has 0 radical (unpaired) electrons. The van der Waals surface area contributed by atoms with Crippen LogP contribution in [0.2, 0.25) is 0 Å². The van der Waals surface area contributed by atoms with Crippen LogP contribution in [0, 0.1) is 3.57 Å². The van der Waals surface area contributed by atoms with Gasteiger partial charge in [-0.1, -0.05) is 22.0 Å². The van der Waals surface area contributed by atoms with Crippen LogP contribution in [0.4, 0.5) is 0 Å². The van der Waals surface area contributed by atoms with Gasteiger partial charge in [0.2, 0.25) is 0 Å². The van der Waals surface area contributed by atoms with E-state index in [1.807, 2.05) is 12.1 Å². The maximum atomic E-state index is 11.4. The van der Waals surface area contributed by atoms with Gasteiger partial charge in [0.05, 0.1) is 12.7 Å². The summed E-state index contributed by atoms with van der Waals surface area (Å²) in [6.07, 6.45) is 2.05. The number of benzene rings is 1. The summed E-state index contributed by atoms with van der Waals surface area (Å²) in [4.78, 5) is 11.4. The fourth-order valence-corrected chi connectivity index (χ4v) is 2.10. The van der Waals surface area contributed by atoms with E-state index in [0.29, 0.717) is 5.56 Å². The summed E-state index contributed by atoms with van der Waals surface area (Å²) in [5.74, 6) is -0.264. The predicted molar refractivity (Wildman–Crippen MR) is 72.6 cm³/mol. The second-order valence-electron chi connectivity index (χ2n) is 3.10. The van der Waals surface area contributed by atoms with Crippen LogP contribution in [-0.4, -0.2) is 18.4 Å². The number of carbonyl (C=O) groups is 1. The molecule has 0 heterocycles. The summed E-state index contributed by atoms with van der Waals surface area (Å²) in [5, 5.41) is 0.979. The van der Waals surface area contributed by atoms with Crippen LogP contribution < -0.4 is 0 Å². The number of rotatable bonds is 4. The first-order chi connectivity index (χ1) is 7.19. The predicted octanol–water partition coefficient (Wildman–Crippen LogP) is 3.41. The molecule has 0 aliphatic heterocycles. The highest BCUT2D eigenvalue weighted by Gasteiger charge is 2.10. The quantitative estimate of drug-likeness (QED) is 0.453. The van der Waals surface area contributed by atoms with Crippen molar-refractivity contribution in [2.75, 3.05) is 12.4 Å². The van der Waals surface area contributed by atoms with Gasteiger partial charge in [0.1, 0.15) is 0 Å². The molecule has 0 aliphatic carbocycles. The Balaban J connectivity index is 2.89. The number of methoxy groups -OCH3 is 1. The van der Waals surface area contributed by atoms with Crippen LogP contribution >= 0.6 is 38.5 Å². The SMILES string of the molecule is COC(=O)c1cc(CCCBr)ccc1I. The molecule has 1 aromatic rings. The topological polar surface area (TPSA) is 26.3 Å². The third-order valence-electron chi connectivity index (χ3n) is 2.04. The molecule has 1 aromatic carbocycles. The Hall–Kier alpha value is -0.100. The van der Waals surface area contributed by atoms with E-state index >= 15 is 0 Å². The largest absolute Gasteiger partial charge is 0.465 e. The summed E-state index contributed by atoms with van der Waals surface area (Å²) < 4.78 is 5.66. The Kier molecular flexibility index (Phi) is 5.60. The van der Waals surface area contributed by atoms with Gasteiger partial charge in [-0.2, -0.15) is 0 Å². The van der Waals surface area contributed by atoms with Gasteiger partial charge in [-0.15, -0.1) is 0 Å². The average molecular weight is 383 g/mol. The summed E-state index contributed by atoms with van der Waals surface area (Å²) in [6, 6.07) is 5.92. The van der Waals surface area contributed by atoms with Gasteiger partial charge in [0.15, 0.2) is 0 Å². The third-order valence-corrected chi connectivity index (χ3v) is 3.54. The Bertz CT molecular complexity index is 352. The van der Waals surface area contributed by atoms with E-state index < -0.39 is 0 Å². The normalized spacial score (nSPS) is 10.1. The molecular weight excluding hydrogens is 371 g/mol. The third kappa shape index (κ3) is 3.75. The Morgan fingerprint density at radius 1 is 1.53 bits per heavy atom. The van der Waals surface area contributed by atoms with Crippen LogP contribution in [0.5, 0.6) is 0 Å². The molecule has 0 bridgehead atoms. The zero-order valence-corrected chi connectivity index (χ0v) is 12.2. The van der Waals surface area contributed by atoms with Gasteiger partial charge in [-0.3, -0.25) is 0 Å². The highest BCUT2D eigenvalue weighted by atomic mass is 127. The lowest BCUT2D eigenvalue weighted by molar-refractivity contribution is 0.0599. The lowest BCUT2D eigenvalue weighted by atomic mass is 10.1. The van der Waals surface area contributed by atoms with E-state index in [2.05, 4.69) is 44.6 Å². The van der Waals surface area contributed by atoms with Gasteiger partial charge >= 0.3 is 5.97 Å². The van der Waals surface area contributed by atoms with E-state index in [4.69, 9.17) is 4.74 Å². The van der Waals surface area contributed by atoms with Gasteiger partial charge in [-0.05, 0) is 53.1 Å². The van der Waals surface area contributed by atoms with E-state index in [9.17, 15) is 4.79 Å². The van der Waals surface area contributed by atoms with E-state index in [1.165, 1.54) is 12.7 Å². The van der Waals surface area contributed by atoms with Crippen molar-refractivity contribution in [3.8, 4) is 0 Å². The van der Waals surface area contributed by atoms with Crippen LogP contribution in [-0.2, 0) is 11.2 Å². The molecule has 0 saturated carbocycles. The maximum absolute atomic E-state index is 11.4. The molecule has 0 N–H and O–H groups in total. The minimum atomic E-state index is -0.264. The van der Waals surface area contributed by atoms with Crippen LogP contribution in [0.1, 0.15) is 22.3 Å². The number of hydrogen-bond acceptors (Lipinski definition) is 2. The zero-order valence-electron chi connectivity index (χ0n) is 8.43. The average Bonchev–Trinajstić information content (AvgIpc) is 2.27. The zero-order chi connectivity index (χ0) is 11.3. The van der Waals surface area contributed by atoms with Crippen molar-refractivity contribution in [2.45, 2.75) is 12.8 Å². The van der Waals surface area contributed by atoms with E-state index in [1.54, 1.807) is 0 Å². The molecular formula is C11H12BrIO2. The van der Waals surface area contributed by atoms with Gasteiger partial charge < -0.3 is 4.74 Å². The molecule has 0 spiro atoms. The van der Waals surface area contributed by atoms with Crippen LogP contribution in [0.15, 0.2) is 18.2 Å². The number of ether oxygens (including phenoxy) is 1. The van der Waals surface area contributed by atoms with Crippen molar-refractivity contribution >= 4 is 44.5 Å². The number of halogens is 2. The smallest absolute Gasteiger partial charge is 0.338 e. The number of esters is 1. The minimum absolute atomic E-state index is 0.264. The molecule has 0 saturated heterocycles. The fraction of sp³-hybridized carbons (Fsp3) is 0.364. The van der Waals surface area contributed by atoms with Crippen molar-refractivity contribution < 1.29 is 9.53 Å². The van der Waals surface area contributed by atoms with Crippen molar-refractivity contribution in [3.63, 3.8) is 0 Å². The highest BCUT2D eigenvalue weighted by Crippen LogP contribution is 2.16. The summed E-state index contributed by atoms with van der Waals surface area (Å²) in [6.45, 7) is 0. The van der Waals surface area contributed by atoms with E-state index in [-0.39, 0.29) is 5.97 Å². The summed E-state index contributed by atoms with van der Waals surface area (Å²) in [7, 11) is 1.41. The lowest BCUT2D eigenvalue weighted by Gasteiger charge is -2.05. The number of alkyl halides is 1. The molecule has 4 heteroatoms. The van der Waals surface area contributed by atoms with Crippen LogP contribution in [0.3, 0.4) is 0 Å². The van der Waals surface area contributed by atoms with Gasteiger partial charge in [0, 0.05) is 8.90 Å². The maximum Gasteiger partial charge on any atom is 0.338 e. The number of hydrogen-bond donors (Lipinski definition) is 0. The molecule has 82 valence electrons. The molecule has 0 unspecified atom stereocenters. The standard InChI is InChI=1S/C11H12BrIO2/c1-15-11(14)9-7-8(3-2-6-12)4-5-10(9)13/h4-5,7H,2-3,6H2,1H3. The monoisotopic (exact) mass is 382 g/mol. The fourth-order valence-electron chi connectivity index (χ4n) is 1.27. The second-order valence-corrected chi connectivity index (χ2v) is 5.05. The first-order valence-electron chi connectivity index (χ1n) is 4.61. The molecule has 0 fully saturated rings.